The first-order valence-corrected chi connectivity index (χ1v) is 7.85. The number of ether oxygens (including phenoxy) is 1. The van der Waals surface area contributed by atoms with Crippen LogP contribution in [0.4, 0.5) is 0 Å². The first-order chi connectivity index (χ1) is 11.8. The number of fused-ring (bicyclic) bond motifs is 1. The first-order valence-electron chi connectivity index (χ1n) is 7.85. The Labute approximate surface area is 144 Å². The summed E-state index contributed by atoms with van der Waals surface area (Å²) in [6.07, 6.45) is 0. The Morgan fingerprint density at radius 2 is 1.80 bits per heavy atom. The molecule has 0 radical (unpaired) electrons. The quantitative estimate of drug-likeness (QED) is 0.727. The maximum absolute atomic E-state index is 12.0. The van der Waals surface area contributed by atoms with Crippen LogP contribution in [-0.2, 0) is 4.79 Å². The van der Waals surface area contributed by atoms with Crippen LogP contribution in [0.25, 0.3) is 22.1 Å². The molecule has 0 unspecified atom stereocenters. The third-order valence-corrected chi connectivity index (χ3v) is 4.08. The van der Waals surface area contributed by atoms with Crippen molar-refractivity contribution >= 4 is 16.9 Å². The fraction of sp³-hybridized carbons (Fsp3) is 0.200. The number of carbonyl (C=O) groups is 1. The number of hydrogen-bond donors (Lipinski definition) is 1. The van der Waals surface area contributed by atoms with Gasteiger partial charge in [-0.25, -0.2) is 9.59 Å². The van der Waals surface area contributed by atoms with E-state index in [1.54, 1.807) is 19.1 Å². The molecular formula is C20H18O5. The van der Waals surface area contributed by atoms with Crippen molar-refractivity contribution in [2.45, 2.75) is 26.4 Å². The molecule has 25 heavy (non-hydrogen) atoms. The lowest BCUT2D eigenvalue weighted by atomic mass is 10.00. The van der Waals surface area contributed by atoms with Crippen LogP contribution < -0.4 is 10.4 Å². The van der Waals surface area contributed by atoms with Gasteiger partial charge in [-0.05, 0) is 44.0 Å². The molecule has 0 spiro atoms. The SMILES string of the molecule is Cc1c(OC(C)(C)C(=O)O)ccc2c(-c3ccccc3)cc(=O)oc12. The smallest absolute Gasteiger partial charge is 0.347 e. The number of aryl methyl sites for hydroxylation is 1. The molecule has 0 atom stereocenters. The second kappa shape index (κ2) is 6.09. The van der Waals surface area contributed by atoms with E-state index in [4.69, 9.17) is 9.15 Å². The summed E-state index contributed by atoms with van der Waals surface area (Å²) in [5, 5.41) is 10.0. The van der Waals surface area contributed by atoms with Crippen LogP contribution >= 0.6 is 0 Å². The molecule has 0 saturated carbocycles. The van der Waals surface area contributed by atoms with Crippen molar-refractivity contribution in [1.82, 2.24) is 0 Å². The molecule has 0 amide bonds. The van der Waals surface area contributed by atoms with E-state index in [1.165, 1.54) is 19.9 Å². The topological polar surface area (TPSA) is 76.7 Å². The molecule has 0 saturated heterocycles. The van der Waals surface area contributed by atoms with Gasteiger partial charge >= 0.3 is 11.6 Å². The second-order valence-electron chi connectivity index (χ2n) is 6.33. The summed E-state index contributed by atoms with van der Waals surface area (Å²) in [6.45, 7) is 4.68. The minimum Gasteiger partial charge on any atom is -0.478 e. The highest BCUT2D eigenvalue weighted by Gasteiger charge is 2.30. The van der Waals surface area contributed by atoms with Crippen molar-refractivity contribution in [3.8, 4) is 16.9 Å². The zero-order valence-corrected chi connectivity index (χ0v) is 14.2. The molecule has 0 bridgehead atoms. The van der Waals surface area contributed by atoms with E-state index in [-0.39, 0.29) is 0 Å². The molecule has 3 rings (SSSR count). The second-order valence-corrected chi connectivity index (χ2v) is 6.33. The molecule has 0 fully saturated rings. The molecule has 128 valence electrons. The van der Waals surface area contributed by atoms with E-state index in [9.17, 15) is 14.7 Å². The largest absolute Gasteiger partial charge is 0.478 e. The van der Waals surface area contributed by atoms with E-state index in [0.29, 0.717) is 16.9 Å². The molecule has 0 aliphatic carbocycles. The van der Waals surface area contributed by atoms with Gasteiger partial charge in [0.05, 0.1) is 0 Å². The Bertz CT molecular complexity index is 1000. The van der Waals surface area contributed by atoms with Gasteiger partial charge in [0.2, 0.25) is 0 Å². The number of benzene rings is 2. The Kier molecular flexibility index (Phi) is 4.08. The predicted octanol–water partition coefficient (Wildman–Crippen LogP) is 4.01. The number of aliphatic carboxylic acids is 1. The van der Waals surface area contributed by atoms with Crippen LogP contribution in [0.2, 0.25) is 0 Å². The van der Waals surface area contributed by atoms with Gasteiger partial charge in [-0.1, -0.05) is 30.3 Å². The van der Waals surface area contributed by atoms with Crippen LogP contribution in [0.1, 0.15) is 19.4 Å². The van der Waals surface area contributed by atoms with Gasteiger partial charge in [0.25, 0.3) is 0 Å². The van der Waals surface area contributed by atoms with E-state index in [0.717, 1.165) is 16.5 Å². The summed E-state index contributed by atoms with van der Waals surface area (Å²) in [5.41, 5.74) is 0.782. The molecule has 1 heterocycles. The highest BCUT2D eigenvalue weighted by Crippen LogP contribution is 2.34. The summed E-state index contributed by atoms with van der Waals surface area (Å²) >= 11 is 0. The highest BCUT2D eigenvalue weighted by molar-refractivity contribution is 5.95. The van der Waals surface area contributed by atoms with Crippen LogP contribution in [-0.4, -0.2) is 16.7 Å². The van der Waals surface area contributed by atoms with Gasteiger partial charge < -0.3 is 14.3 Å². The fourth-order valence-electron chi connectivity index (χ4n) is 2.63. The maximum atomic E-state index is 12.0. The predicted molar refractivity (Wildman–Crippen MR) is 95.0 cm³/mol. The fourth-order valence-corrected chi connectivity index (χ4v) is 2.63. The molecule has 5 nitrogen and oxygen atoms in total. The summed E-state index contributed by atoms with van der Waals surface area (Å²) in [5.74, 6) is -0.709. The minimum atomic E-state index is -1.39. The molecule has 2 aromatic carbocycles. The Morgan fingerprint density at radius 1 is 1.12 bits per heavy atom. The number of hydrogen-bond acceptors (Lipinski definition) is 4. The zero-order valence-electron chi connectivity index (χ0n) is 14.2. The van der Waals surface area contributed by atoms with Crippen LogP contribution in [0.3, 0.4) is 0 Å². The van der Waals surface area contributed by atoms with Crippen LogP contribution in [0.5, 0.6) is 5.75 Å². The third kappa shape index (κ3) is 3.13. The van der Waals surface area contributed by atoms with Gasteiger partial charge in [-0.15, -0.1) is 0 Å². The number of carboxylic acids is 1. The van der Waals surface area contributed by atoms with Crippen molar-refractivity contribution in [1.29, 1.82) is 0 Å². The number of rotatable bonds is 4. The molecule has 1 N–H and O–H groups in total. The lowest BCUT2D eigenvalue weighted by Crippen LogP contribution is -2.38. The van der Waals surface area contributed by atoms with Crippen molar-refractivity contribution < 1.29 is 19.1 Å². The average Bonchev–Trinajstić information content (AvgIpc) is 2.58. The maximum Gasteiger partial charge on any atom is 0.347 e. The summed E-state index contributed by atoms with van der Waals surface area (Å²) in [7, 11) is 0. The van der Waals surface area contributed by atoms with Crippen LogP contribution in [0.15, 0.2) is 57.7 Å². The Hall–Kier alpha value is -3.08. The van der Waals surface area contributed by atoms with E-state index < -0.39 is 17.2 Å². The van der Waals surface area contributed by atoms with Crippen molar-refractivity contribution in [3.63, 3.8) is 0 Å². The first kappa shape index (κ1) is 16.8. The molecule has 1 aromatic heterocycles. The highest BCUT2D eigenvalue weighted by atomic mass is 16.5. The Balaban J connectivity index is 2.21. The third-order valence-electron chi connectivity index (χ3n) is 4.08. The van der Waals surface area contributed by atoms with E-state index in [2.05, 4.69) is 0 Å². The summed E-state index contributed by atoms with van der Waals surface area (Å²) < 4.78 is 11.0. The van der Waals surface area contributed by atoms with Crippen molar-refractivity contribution in [2.24, 2.45) is 0 Å². The normalized spacial score (nSPS) is 11.5. The number of carboxylic acid groups (broad SMARTS) is 1. The lowest BCUT2D eigenvalue weighted by Gasteiger charge is -2.23. The van der Waals surface area contributed by atoms with E-state index >= 15 is 0 Å². The molecule has 0 aliphatic rings. The monoisotopic (exact) mass is 338 g/mol. The van der Waals surface area contributed by atoms with Gasteiger partial charge in [-0.2, -0.15) is 0 Å². The van der Waals surface area contributed by atoms with Crippen molar-refractivity contribution in [2.75, 3.05) is 0 Å². The van der Waals surface area contributed by atoms with Gasteiger partial charge in [0.1, 0.15) is 11.3 Å². The molecular weight excluding hydrogens is 320 g/mol. The average molecular weight is 338 g/mol. The van der Waals surface area contributed by atoms with Gasteiger partial charge in [0.15, 0.2) is 5.60 Å². The van der Waals surface area contributed by atoms with E-state index in [1.807, 2.05) is 30.3 Å². The Morgan fingerprint density at radius 3 is 2.44 bits per heavy atom. The lowest BCUT2D eigenvalue weighted by molar-refractivity contribution is -0.152. The van der Waals surface area contributed by atoms with Crippen LogP contribution in [0, 0.1) is 6.92 Å². The standard InChI is InChI=1S/C20H18O5/c1-12-16(25-20(2,3)19(22)23)10-9-14-15(11-17(21)24-18(12)14)13-7-5-4-6-8-13/h4-11H,1-3H3,(H,22,23). The summed E-state index contributed by atoms with van der Waals surface area (Å²) in [4.78, 5) is 23.3. The zero-order chi connectivity index (χ0) is 18.2. The van der Waals surface area contributed by atoms with Gasteiger partial charge in [-0.3, -0.25) is 0 Å². The molecule has 3 aromatic rings. The van der Waals surface area contributed by atoms with Gasteiger partial charge in [0, 0.05) is 17.0 Å². The van der Waals surface area contributed by atoms with Crippen molar-refractivity contribution in [3.05, 3.63) is 64.5 Å². The summed E-state index contributed by atoms with van der Waals surface area (Å²) in [6, 6.07) is 14.5. The molecule has 0 aliphatic heterocycles. The minimum absolute atomic E-state index is 0.369. The molecule has 5 heteroatoms.